The third-order valence-electron chi connectivity index (χ3n) is 4.62. The number of benzene rings is 1. The molecule has 0 spiro atoms. The Hall–Kier alpha value is -1.17. The summed E-state index contributed by atoms with van der Waals surface area (Å²) in [7, 11) is 0. The Kier molecular flexibility index (Phi) is 5.51. The minimum absolute atomic E-state index is 0.0577. The summed E-state index contributed by atoms with van der Waals surface area (Å²) in [5, 5.41) is 0.318. The number of carbonyl (C=O) groups excluding carboxylic acids is 1. The fourth-order valence-electron chi connectivity index (χ4n) is 3.21. The van der Waals surface area contributed by atoms with Gasteiger partial charge in [-0.2, -0.15) is 0 Å². The van der Waals surface area contributed by atoms with Crippen LogP contribution in [0.2, 0.25) is 5.02 Å². The molecule has 1 aromatic rings. The zero-order chi connectivity index (χ0) is 16.2. The molecule has 23 heavy (non-hydrogen) atoms. The van der Waals surface area contributed by atoms with Gasteiger partial charge in [0.15, 0.2) is 0 Å². The molecule has 6 heteroatoms. The van der Waals surface area contributed by atoms with E-state index < -0.39 is 0 Å². The minimum atomic E-state index is -0.379. The lowest BCUT2D eigenvalue weighted by atomic mass is 10.1. The van der Waals surface area contributed by atoms with Crippen molar-refractivity contribution in [3.05, 3.63) is 34.6 Å². The lowest BCUT2D eigenvalue weighted by Gasteiger charge is -2.35. The normalized spacial score (nSPS) is 22.5. The fraction of sp³-hybridized carbons (Fsp3) is 0.588. The number of hydrogen-bond donors (Lipinski definition) is 0. The highest BCUT2D eigenvalue weighted by atomic mass is 35.5. The third-order valence-corrected chi connectivity index (χ3v) is 4.97. The lowest BCUT2D eigenvalue weighted by molar-refractivity contribution is -0.132. The third kappa shape index (κ3) is 4.43. The predicted molar refractivity (Wildman–Crippen MR) is 87.1 cm³/mol. The Morgan fingerprint density at radius 2 is 2.09 bits per heavy atom. The molecule has 2 saturated heterocycles. The number of amides is 1. The summed E-state index contributed by atoms with van der Waals surface area (Å²) >= 11 is 6.00. The molecule has 1 unspecified atom stereocenters. The number of hydrogen-bond acceptors (Lipinski definition) is 3. The van der Waals surface area contributed by atoms with E-state index in [0.29, 0.717) is 16.5 Å². The highest BCUT2D eigenvalue weighted by Gasteiger charge is 2.25. The maximum absolute atomic E-state index is 13.1. The first kappa shape index (κ1) is 16.7. The number of piperazine rings is 1. The Morgan fingerprint density at radius 1 is 1.30 bits per heavy atom. The maximum atomic E-state index is 13.1. The molecule has 1 amide bonds. The second-order valence-electron chi connectivity index (χ2n) is 6.32. The van der Waals surface area contributed by atoms with Crippen LogP contribution >= 0.6 is 11.6 Å². The van der Waals surface area contributed by atoms with Crippen molar-refractivity contribution in [1.29, 1.82) is 0 Å². The van der Waals surface area contributed by atoms with Crippen LogP contribution in [0.4, 0.5) is 4.39 Å². The van der Waals surface area contributed by atoms with E-state index in [2.05, 4.69) is 4.90 Å². The van der Waals surface area contributed by atoms with Gasteiger partial charge in [0.05, 0.1) is 13.0 Å². The maximum Gasteiger partial charge on any atom is 0.227 e. The monoisotopic (exact) mass is 340 g/mol. The SMILES string of the molecule is O=C(Cc1ccc(F)cc1Cl)N1CCN(CC2CCOC2)CC1. The molecule has 2 aliphatic heterocycles. The van der Waals surface area contributed by atoms with Crippen LogP contribution in [0.1, 0.15) is 12.0 Å². The highest BCUT2D eigenvalue weighted by Crippen LogP contribution is 2.19. The van der Waals surface area contributed by atoms with Crippen molar-refractivity contribution in [2.24, 2.45) is 5.92 Å². The molecule has 0 aromatic heterocycles. The Morgan fingerprint density at radius 3 is 2.74 bits per heavy atom. The van der Waals surface area contributed by atoms with Gasteiger partial charge in [-0.3, -0.25) is 9.69 Å². The number of halogens is 2. The molecular formula is C17H22ClFN2O2. The number of rotatable bonds is 4. The van der Waals surface area contributed by atoms with Gasteiger partial charge in [0.1, 0.15) is 5.82 Å². The van der Waals surface area contributed by atoms with E-state index >= 15 is 0 Å². The molecule has 1 aromatic carbocycles. The molecule has 2 aliphatic rings. The van der Waals surface area contributed by atoms with E-state index in [-0.39, 0.29) is 18.1 Å². The zero-order valence-corrected chi connectivity index (χ0v) is 13.9. The Balaban J connectivity index is 1.47. The Labute approximate surface area is 141 Å². The predicted octanol–water partition coefficient (Wildman–Crippen LogP) is 2.20. The van der Waals surface area contributed by atoms with Crippen LogP contribution in [0.15, 0.2) is 18.2 Å². The standard InChI is InChI=1S/C17H22ClFN2O2/c18-16-10-15(19)2-1-14(16)9-17(22)21-6-4-20(5-7-21)11-13-3-8-23-12-13/h1-2,10,13H,3-9,11-12H2. The van der Waals surface area contributed by atoms with Crippen LogP contribution in [0.3, 0.4) is 0 Å². The second kappa shape index (κ2) is 7.60. The summed E-state index contributed by atoms with van der Waals surface area (Å²) in [5.41, 5.74) is 0.684. The van der Waals surface area contributed by atoms with E-state index in [0.717, 1.165) is 52.4 Å². The van der Waals surface area contributed by atoms with Crippen molar-refractivity contribution in [2.45, 2.75) is 12.8 Å². The molecule has 0 saturated carbocycles. The highest BCUT2D eigenvalue weighted by molar-refractivity contribution is 6.31. The largest absolute Gasteiger partial charge is 0.381 e. The average molecular weight is 341 g/mol. The van der Waals surface area contributed by atoms with Gasteiger partial charge >= 0.3 is 0 Å². The molecule has 0 aliphatic carbocycles. The van der Waals surface area contributed by atoms with Crippen molar-refractivity contribution in [2.75, 3.05) is 45.9 Å². The zero-order valence-electron chi connectivity index (χ0n) is 13.1. The number of nitrogens with zero attached hydrogens (tertiary/aromatic N) is 2. The topological polar surface area (TPSA) is 32.8 Å². The molecule has 0 radical (unpaired) electrons. The summed E-state index contributed by atoms with van der Waals surface area (Å²) in [6.45, 7) is 6.09. The molecule has 126 valence electrons. The van der Waals surface area contributed by atoms with E-state index in [1.165, 1.54) is 12.1 Å². The van der Waals surface area contributed by atoms with E-state index in [9.17, 15) is 9.18 Å². The van der Waals surface area contributed by atoms with Gasteiger partial charge in [-0.15, -0.1) is 0 Å². The van der Waals surface area contributed by atoms with Crippen molar-refractivity contribution in [3.8, 4) is 0 Å². The van der Waals surface area contributed by atoms with Gasteiger partial charge in [0, 0.05) is 44.4 Å². The van der Waals surface area contributed by atoms with Gasteiger partial charge in [0.2, 0.25) is 5.91 Å². The summed E-state index contributed by atoms with van der Waals surface area (Å²) in [6, 6.07) is 4.19. The van der Waals surface area contributed by atoms with Crippen LogP contribution < -0.4 is 0 Å². The van der Waals surface area contributed by atoms with Crippen LogP contribution in [0, 0.1) is 11.7 Å². The fourth-order valence-corrected chi connectivity index (χ4v) is 3.45. The van der Waals surface area contributed by atoms with Crippen LogP contribution in [0.25, 0.3) is 0 Å². The first-order valence-corrected chi connectivity index (χ1v) is 8.51. The molecule has 3 rings (SSSR count). The van der Waals surface area contributed by atoms with E-state index in [4.69, 9.17) is 16.3 Å². The first-order chi connectivity index (χ1) is 11.1. The van der Waals surface area contributed by atoms with Crippen molar-refractivity contribution in [3.63, 3.8) is 0 Å². The summed E-state index contributed by atoms with van der Waals surface area (Å²) in [6.07, 6.45) is 1.37. The number of ether oxygens (including phenoxy) is 1. The first-order valence-electron chi connectivity index (χ1n) is 8.13. The molecule has 0 bridgehead atoms. The summed E-state index contributed by atoms with van der Waals surface area (Å²) in [4.78, 5) is 16.7. The van der Waals surface area contributed by atoms with Gasteiger partial charge in [0.25, 0.3) is 0 Å². The molecular weight excluding hydrogens is 319 g/mol. The van der Waals surface area contributed by atoms with Crippen LogP contribution in [0.5, 0.6) is 0 Å². The van der Waals surface area contributed by atoms with Crippen molar-refractivity contribution in [1.82, 2.24) is 9.80 Å². The molecule has 2 heterocycles. The van der Waals surface area contributed by atoms with Gasteiger partial charge in [-0.1, -0.05) is 17.7 Å². The van der Waals surface area contributed by atoms with E-state index in [1.54, 1.807) is 6.07 Å². The quantitative estimate of drug-likeness (QED) is 0.842. The van der Waals surface area contributed by atoms with Crippen LogP contribution in [-0.4, -0.2) is 61.6 Å². The van der Waals surface area contributed by atoms with Crippen LogP contribution in [-0.2, 0) is 16.0 Å². The smallest absolute Gasteiger partial charge is 0.227 e. The summed E-state index contributed by atoms with van der Waals surface area (Å²) < 4.78 is 18.5. The molecule has 0 N–H and O–H groups in total. The van der Waals surface area contributed by atoms with Gasteiger partial charge < -0.3 is 9.64 Å². The second-order valence-corrected chi connectivity index (χ2v) is 6.73. The number of carbonyl (C=O) groups is 1. The molecule has 4 nitrogen and oxygen atoms in total. The summed E-state index contributed by atoms with van der Waals surface area (Å²) in [5.74, 6) is 0.313. The minimum Gasteiger partial charge on any atom is -0.381 e. The molecule has 2 fully saturated rings. The van der Waals surface area contributed by atoms with Crippen molar-refractivity contribution >= 4 is 17.5 Å². The average Bonchev–Trinajstić information content (AvgIpc) is 3.04. The molecule has 1 atom stereocenters. The van der Waals surface area contributed by atoms with E-state index in [1.807, 2.05) is 4.90 Å². The van der Waals surface area contributed by atoms with Crippen molar-refractivity contribution < 1.29 is 13.9 Å². The lowest BCUT2D eigenvalue weighted by Crippen LogP contribution is -2.50. The Bertz CT molecular complexity index is 556. The van der Waals surface area contributed by atoms with Gasteiger partial charge in [-0.05, 0) is 30.0 Å². The van der Waals surface area contributed by atoms with Gasteiger partial charge in [-0.25, -0.2) is 4.39 Å².